The third-order valence-corrected chi connectivity index (χ3v) is 4.99. The van der Waals surface area contributed by atoms with Crippen LogP contribution in [0.1, 0.15) is 0 Å². The molecule has 2 rings (SSSR count). The van der Waals surface area contributed by atoms with Crippen LogP contribution in [-0.2, 0) is 14.8 Å². The second kappa shape index (κ2) is 7.33. The van der Waals surface area contributed by atoms with Crippen molar-refractivity contribution in [2.24, 2.45) is 0 Å². The number of benzene rings is 2. The summed E-state index contributed by atoms with van der Waals surface area (Å²) >= 11 is 9.09. The van der Waals surface area contributed by atoms with Crippen LogP contribution in [0.2, 0.25) is 5.02 Å². The van der Waals surface area contributed by atoms with E-state index in [4.69, 9.17) is 11.6 Å². The molecule has 0 unspecified atom stereocenters. The zero-order chi connectivity index (χ0) is 17.0. The first-order chi connectivity index (χ1) is 10.8. The van der Waals surface area contributed by atoms with E-state index in [0.29, 0.717) is 20.9 Å². The molecule has 23 heavy (non-hydrogen) atoms. The Morgan fingerprint density at radius 3 is 2.35 bits per heavy atom. The summed E-state index contributed by atoms with van der Waals surface area (Å²) in [6.07, 6.45) is 1.06. The van der Waals surface area contributed by atoms with Crippen molar-refractivity contribution in [2.75, 3.05) is 22.4 Å². The highest BCUT2D eigenvalue weighted by Gasteiger charge is 2.22. The number of nitrogens with zero attached hydrogens (tertiary/aromatic N) is 1. The predicted molar refractivity (Wildman–Crippen MR) is 96.4 cm³/mol. The molecule has 2 aromatic rings. The number of hydrogen-bond acceptors (Lipinski definition) is 3. The zero-order valence-corrected chi connectivity index (χ0v) is 15.3. The van der Waals surface area contributed by atoms with Crippen molar-refractivity contribution in [2.45, 2.75) is 0 Å². The fourth-order valence-electron chi connectivity index (χ4n) is 1.90. The summed E-state index contributed by atoms with van der Waals surface area (Å²) in [7, 11) is -3.61. The number of sulfonamides is 1. The third kappa shape index (κ3) is 4.95. The van der Waals surface area contributed by atoms with Crippen LogP contribution in [0.25, 0.3) is 0 Å². The van der Waals surface area contributed by atoms with Crippen molar-refractivity contribution in [3.05, 3.63) is 58.0 Å². The number of halogens is 2. The predicted octanol–water partition coefficient (Wildman–Crippen LogP) is 3.51. The number of carbonyl (C=O) groups is 1. The fourth-order valence-corrected chi connectivity index (χ4v) is 3.51. The van der Waals surface area contributed by atoms with Gasteiger partial charge in [0.2, 0.25) is 15.9 Å². The van der Waals surface area contributed by atoms with Crippen LogP contribution < -0.4 is 9.62 Å². The first-order valence-corrected chi connectivity index (χ1v) is 9.57. The van der Waals surface area contributed by atoms with E-state index in [1.165, 1.54) is 0 Å². The zero-order valence-electron chi connectivity index (χ0n) is 12.2. The smallest absolute Gasteiger partial charge is 0.245 e. The van der Waals surface area contributed by atoms with Crippen LogP contribution in [0.4, 0.5) is 11.4 Å². The summed E-state index contributed by atoms with van der Waals surface area (Å²) in [5, 5.41) is 3.19. The summed E-state index contributed by atoms with van der Waals surface area (Å²) in [6, 6.07) is 13.4. The molecule has 0 atom stereocenters. The van der Waals surface area contributed by atoms with Gasteiger partial charge in [-0.1, -0.05) is 23.7 Å². The molecule has 0 aliphatic rings. The lowest BCUT2D eigenvalue weighted by Crippen LogP contribution is -2.37. The van der Waals surface area contributed by atoms with Gasteiger partial charge in [0.05, 0.1) is 11.9 Å². The van der Waals surface area contributed by atoms with E-state index in [0.717, 1.165) is 10.6 Å². The minimum Gasteiger partial charge on any atom is -0.325 e. The number of anilines is 2. The summed E-state index contributed by atoms with van der Waals surface area (Å²) < 4.78 is 25.7. The van der Waals surface area contributed by atoms with Gasteiger partial charge in [-0.15, -0.1) is 0 Å². The summed E-state index contributed by atoms with van der Waals surface area (Å²) in [4.78, 5) is 12.2. The highest BCUT2D eigenvalue weighted by molar-refractivity contribution is 9.10. The molecule has 2 aromatic carbocycles. The molecule has 0 heterocycles. The summed E-state index contributed by atoms with van der Waals surface area (Å²) in [5.74, 6) is -0.450. The highest BCUT2D eigenvalue weighted by atomic mass is 79.9. The molecule has 0 bridgehead atoms. The molecule has 5 nitrogen and oxygen atoms in total. The molecular weight excluding hydrogens is 404 g/mol. The summed E-state index contributed by atoms with van der Waals surface area (Å²) in [6.45, 7) is -0.329. The van der Waals surface area contributed by atoms with Crippen molar-refractivity contribution in [1.82, 2.24) is 0 Å². The number of amides is 1. The largest absolute Gasteiger partial charge is 0.325 e. The maximum Gasteiger partial charge on any atom is 0.245 e. The minimum absolute atomic E-state index is 0.329. The Bertz CT molecular complexity index is 810. The molecule has 122 valence electrons. The van der Waals surface area contributed by atoms with Gasteiger partial charge in [-0.3, -0.25) is 9.10 Å². The Balaban J connectivity index is 2.20. The van der Waals surface area contributed by atoms with Gasteiger partial charge in [-0.2, -0.15) is 0 Å². The molecule has 0 spiro atoms. The average molecular weight is 418 g/mol. The Morgan fingerprint density at radius 2 is 1.78 bits per heavy atom. The minimum atomic E-state index is -3.61. The fraction of sp³-hybridized carbons (Fsp3) is 0.133. The van der Waals surface area contributed by atoms with E-state index in [-0.39, 0.29) is 6.54 Å². The van der Waals surface area contributed by atoms with Gasteiger partial charge >= 0.3 is 0 Å². The molecule has 0 saturated carbocycles. The van der Waals surface area contributed by atoms with Crippen LogP contribution in [0.15, 0.2) is 53.0 Å². The molecule has 0 fully saturated rings. The number of carbonyl (C=O) groups excluding carboxylic acids is 1. The molecule has 0 radical (unpaired) electrons. The lowest BCUT2D eigenvalue weighted by atomic mass is 10.3. The average Bonchev–Trinajstić information content (AvgIpc) is 2.47. The standard InChI is InChI=1S/C15H14BrClN2O3S/c1-23(21,22)19(14-5-3-2-4-13(14)16)10-15(20)18-12-8-6-11(17)7-9-12/h2-9H,10H2,1H3,(H,18,20). The van der Waals surface area contributed by atoms with E-state index in [9.17, 15) is 13.2 Å². The van der Waals surface area contributed by atoms with Crippen molar-refractivity contribution < 1.29 is 13.2 Å². The van der Waals surface area contributed by atoms with E-state index < -0.39 is 15.9 Å². The van der Waals surface area contributed by atoms with E-state index in [1.807, 2.05) is 0 Å². The van der Waals surface area contributed by atoms with Gasteiger partial charge in [0.25, 0.3) is 0 Å². The Morgan fingerprint density at radius 1 is 1.17 bits per heavy atom. The number of para-hydroxylation sites is 1. The lowest BCUT2D eigenvalue weighted by Gasteiger charge is -2.23. The van der Waals surface area contributed by atoms with Crippen LogP contribution in [0.5, 0.6) is 0 Å². The summed E-state index contributed by atoms with van der Waals surface area (Å²) in [5.41, 5.74) is 0.946. The van der Waals surface area contributed by atoms with Gasteiger partial charge in [-0.25, -0.2) is 8.42 Å². The Hall–Kier alpha value is -1.57. The number of rotatable bonds is 5. The van der Waals surface area contributed by atoms with Crippen molar-refractivity contribution in [1.29, 1.82) is 0 Å². The molecule has 0 aromatic heterocycles. The first kappa shape index (κ1) is 17.8. The van der Waals surface area contributed by atoms with E-state index in [2.05, 4.69) is 21.2 Å². The lowest BCUT2D eigenvalue weighted by molar-refractivity contribution is -0.114. The third-order valence-electron chi connectivity index (χ3n) is 2.94. The van der Waals surface area contributed by atoms with Crippen LogP contribution in [0, 0.1) is 0 Å². The van der Waals surface area contributed by atoms with Crippen molar-refractivity contribution in [3.63, 3.8) is 0 Å². The second-order valence-corrected chi connectivity index (χ2v) is 7.97. The SMILES string of the molecule is CS(=O)(=O)N(CC(=O)Nc1ccc(Cl)cc1)c1ccccc1Br. The van der Waals surface area contributed by atoms with Crippen molar-refractivity contribution in [3.8, 4) is 0 Å². The van der Waals surface area contributed by atoms with Crippen LogP contribution in [0.3, 0.4) is 0 Å². The molecule has 0 aliphatic carbocycles. The normalized spacial score (nSPS) is 11.1. The highest BCUT2D eigenvalue weighted by Crippen LogP contribution is 2.27. The maximum atomic E-state index is 12.2. The van der Waals surface area contributed by atoms with Crippen LogP contribution in [-0.4, -0.2) is 27.1 Å². The second-order valence-electron chi connectivity index (χ2n) is 4.78. The molecule has 1 amide bonds. The van der Waals surface area contributed by atoms with Gasteiger partial charge in [-0.05, 0) is 52.3 Å². The van der Waals surface area contributed by atoms with Gasteiger partial charge in [0.15, 0.2) is 0 Å². The van der Waals surface area contributed by atoms with Gasteiger partial charge in [0, 0.05) is 15.2 Å². The molecule has 1 N–H and O–H groups in total. The van der Waals surface area contributed by atoms with E-state index >= 15 is 0 Å². The molecular formula is C15H14BrClN2O3S. The van der Waals surface area contributed by atoms with Gasteiger partial charge in [0.1, 0.15) is 6.54 Å². The molecule has 0 aliphatic heterocycles. The van der Waals surface area contributed by atoms with E-state index in [1.54, 1.807) is 48.5 Å². The molecule has 0 saturated heterocycles. The Labute approximate surface area is 148 Å². The first-order valence-electron chi connectivity index (χ1n) is 6.55. The monoisotopic (exact) mass is 416 g/mol. The number of nitrogens with one attached hydrogen (secondary N) is 1. The number of hydrogen-bond donors (Lipinski definition) is 1. The van der Waals surface area contributed by atoms with Crippen LogP contribution >= 0.6 is 27.5 Å². The van der Waals surface area contributed by atoms with Crippen molar-refractivity contribution >= 4 is 54.8 Å². The Kier molecular flexibility index (Phi) is 5.67. The topological polar surface area (TPSA) is 66.5 Å². The maximum absolute atomic E-state index is 12.2. The molecule has 8 heteroatoms. The quantitative estimate of drug-likeness (QED) is 0.809. The van der Waals surface area contributed by atoms with Gasteiger partial charge < -0.3 is 5.32 Å².